The molecule has 108 valence electrons. The van der Waals surface area contributed by atoms with E-state index in [0.717, 1.165) is 6.54 Å². The summed E-state index contributed by atoms with van der Waals surface area (Å²) >= 11 is 0. The van der Waals surface area contributed by atoms with Crippen molar-refractivity contribution in [3.05, 3.63) is 0 Å². The zero-order chi connectivity index (χ0) is 14.5. The molecule has 0 saturated heterocycles. The average Bonchev–Trinajstić information content (AvgIpc) is 2.20. The first-order valence-electron chi connectivity index (χ1n) is 6.74. The lowest BCUT2D eigenvalue weighted by Crippen LogP contribution is -2.45. The van der Waals surface area contributed by atoms with Crippen LogP contribution in [0.5, 0.6) is 0 Å². The highest BCUT2D eigenvalue weighted by Crippen LogP contribution is 2.23. The molecule has 4 heteroatoms. The number of carboxylic acids is 1. The first-order chi connectivity index (χ1) is 8.05. The molecule has 0 amide bonds. The van der Waals surface area contributed by atoms with Gasteiger partial charge in [0.05, 0.1) is 0 Å². The first kappa shape index (κ1) is 17.4. The number of rotatable bonds is 7. The lowest BCUT2D eigenvalue weighted by molar-refractivity contribution is -0.140. The summed E-state index contributed by atoms with van der Waals surface area (Å²) in [6.45, 7) is 13.5. The van der Waals surface area contributed by atoms with E-state index in [9.17, 15) is 4.79 Å². The fraction of sp³-hybridized carbons (Fsp3) is 0.929. The van der Waals surface area contributed by atoms with Gasteiger partial charge in [-0.2, -0.15) is 0 Å². The topological polar surface area (TPSA) is 52.6 Å². The van der Waals surface area contributed by atoms with E-state index in [-0.39, 0.29) is 11.5 Å². The van der Waals surface area contributed by atoms with Gasteiger partial charge in [-0.3, -0.25) is 4.79 Å². The molecule has 0 saturated carbocycles. The fourth-order valence-electron chi connectivity index (χ4n) is 1.87. The van der Waals surface area contributed by atoms with Crippen molar-refractivity contribution in [1.82, 2.24) is 10.2 Å². The molecular formula is C14H30N2O2. The third-order valence-corrected chi connectivity index (χ3v) is 3.52. The molecular weight excluding hydrogens is 228 g/mol. The molecule has 0 rings (SSSR count). The first-order valence-corrected chi connectivity index (χ1v) is 6.74. The summed E-state index contributed by atoms with van der Waals surface area (Å²) < 4.78 is 0. The van der Waals surface area contributed by atoms with Crippen LogP contribution >= 0.6 is 0 Å². The van der Waals surface area contributed by atoms with Gasteiger partial charge in [0.25, 0.3) is 0 Å². The maximum absolute atomic E-state index is 11.1. The van der Waals surface area contributed by atoms with Crippen LogP contribution in [0.25, 0.3) is 0 Å². The van der Waals surface area contributed by atoms with Crippen LogP contribution in [0.15, 0.2) is 0 Å². The Hall–Kier alpha value is -0.610. The predicted molar refractivity (Wildman–Crippen MR) is 75.9 cm³/mol. The molecule has 0 aliphatic rings. The van der Waals surface area contributed by atoms with Crippen molar-refractivity contribution in [2.75, 3.05) is 13.6 Å². The van der Waals surface area contributed by atoms with E-state index < -0.39 is 12.0 Å². The standard InChI is InChI=1S/C14H30N2O2/c1-10(2)15-12(13(17)18)8-9-16(7)11(3)14(4,5)6/h10-12,15H,8-9H2,1-7H3,(H,17,18). The third kappa shape index (κ3) is 6.36. The number of aliphatic carboxylic acids is 1. The quantitative estimate of drug-likeness (QED) is 0.735. The SMILES string of the molecule is CC(C)NC(CCN(C)C(C)C(C)(C)C)C(=O)O. The highest BCUT2D eigenvalue weighted by molar-refractivity contribution is 5.73. The van der Waals surface area contributed by atoms with Gasteiger partial charge in [0.1, 0.15) is 6.04 Å². The number of nitrogens with one attached hydrogen (secondary N) is 1. The summed E-state index contributed by atoms with van der Waals surface area (Å²) in [6.07, 6.45) is 0.629. The van der Waals surface area contributed by atoms with Gasteiger partial charge >= 0.3 is 5.97 Å². The highest BCUT2D eigenvalue weighted by atomic mass is 16.4. The Bertz CT molecular complexity index is 259. The maximum Gasteiger partial charge on any atom is 0.320 e. The Morgan fingerprint density at radius 2 is 1.78 bits per heavy atom. The molecule has 0 aliphatic heterocycles. The van der Waals surface area contributed by atoms with Gasteiger partial charge in [0, 0.05) is 18.6 Å². The molecule has 0 aromatic heterocycles. The van der Waals surface area contributed by atoms with Crippen molar-refractivity contribution in [3.63, 3.8) is 0 Å². The molecule has 0 aromatic carbocycles. The number of carbonyl (C=O) groups is 1. The van der Waals surface area contributed by atoms with Crippen LogP contribution in [-0.4, -0.2) is 47.7 Å². The summed E-state index contributed by atoms with van der Waals surface area (Å²) in [5, 5.41) is 12.2. The molecule has 0 fully saturated rings. The van der Waals surface area contributed by atoms with Gasteiger partial charge in [-0.05, 0) is 25.8 Å². The Balaban J connectivity index is 4.31. The Kier molecular flexibility index (Phi) is 6.86. The van der Waals surface area contributed by atoms with Crippen molar-refractivity contribution in [2.24, 2.45) is 5.41 Å². The molecule has 0 aromatic rings. The van der Waals surface area contributed by atoms with Crippen LogP contribution in [0.1, 0.15) is 48.0 Å². The molecule has 0 spiro atoms. The Morgan fingerprint density at radius 3 is 2.11 bits per heavy atom. The number of hydrogen-bond donors (Lipinski definition) is 2. The van der Waals surface area contributed by atoms with Crippen LogP contribution in [0.3, 0.4) is 0 Å². The minimum Gasteiger partial charge on any atom is -0.480 e. The molecule has 0 heterocycles. The average molecular weight is 258 g/mol. The zero-order valence-electron chi connectivity index (χ0n) is 12.9. The third-order valence-electron chi connectivity index (χ3n) is 3.52. The van der Waals surface area contributed by atoms with E-state index in [1.165, 1.54) is 0 Å². The van der Waals surface area contributed by atoms with Gasteiger partial charge in [-0.1, -0.05) is 34.6 Å². The maximum atomic E-state index is 11.1. The van der Waals surface area contributed by atoms with Gasteiger partial charge < -0.3 is 15.3 Å². The van der Waals surface area contributed by atoms with Crippen LogP contribution in [0, 0.1) is 5.41 Å². The van der Waals surface area contributed by atoms with Crippen molar-refractivity contribution in [1.29, 1.82) is 0 Å². The monoisotopic (exact) mass is 258 g/mol. The van der Waals surface area contributed by atoms with Crippen LogP contribution < -0.4 is 5.32 Å². The number of carboxylic acid groups (broad SMARTS) is 1. The van der Waals surface area contributed by atoms with Crippen LogP contribution in [0.2, 0.25) is 0 Å². The molecule has 18 heavy (non-hydrogen) atoms. The molecule has 2 unspecified atom stereocenters. The van der Waals surface area contributed by atoms with Gasteiger partial charge in [0.2, 0.25) is 0 Å². The second-order valence-electron chi connectivity index (χ2n) is 6.52. The largest absolute Gasteiger partial charge is 0.480 e. The van der Waals surface area contributed by atoms with E-state index in [0.29, 0.717) is 12.5 Å². The summed E-state index contributed by atoms with van der Waals surface area (Å²) in [5.74, 6) is -0.763. The molecule has 0 bridgehead atoms. The second kappa shape index (κ2) is 7.10. The normalized spacial score (nSPS) is 16.1. The molecule has 4 nitrogen and oxygen atoms in total. The van der Waals surface area contributed by atoms with Crippen LogP contribution in [-0.2, 0) is 4.79 Å². The Labute approximate surface area is 112 Å². The summed E-state index contributed by atoms with van der Waals surface area (Å²) in [4.78, 5) is 13.4. The second-order valence-corrected chi connectivity index (χ2v) is 6.52. The minimum absolute atomic E-state index is 0.191. The van der Waals surface area contributed by atoms with E-state index >= 15 is 0 Å². The van der Waals surface area contributed by atoms with E-state index in [1.54, 1.807) is 0 Å². The lowest BCUT2D eigenvalue weighted by atomic mass is 9.87. The lowest BCUT2D eigenvalue weighted by Gasteiger charge is -2.36. The van der Waals surface area contributed by atoms with Gasteiger partial charge in [0.15, 0.2) is 0 Å². The fourth-order valence-corrected chi connectivity index (χ4v) is 1.87. The number of nitrogens with zero attached hydrogens (tertiary/aromatic N) is 1. The zero-order valence-corrected chi connectivity index (χ0v) is 12.9. The summed E-state index contributed by atoms with van der Waals surface area (Å²) in [5.41, 5.74) is 0.207. The summed E-state index contributed by atoms with van der Waals surface area (Å²) in [7, 11) is 2.06. The minimum atomic E-state index is -0.763. The smallest absolute Gasteiger partial charge is 0.320 e. The molecule has 0 aliphatic carbocycles. The van der Waals surface area contributed by atoms with Crippen molar-refractivity contribution >= 4 is 5.97 Å². The highest BCUT2D eigenvalue weighted by Gasteiger charge is 2.25. The van der Waals surface area contributed by atoms with Crippen molar-refractivity contribution < 1.29 is 9.90 Å². The van der Waals surface area contributed by atoms with E-state index in [4.69, 9.17) is 5.11 Å². The van der Waals surface area contributed by atoms with Crippen LogP contribution in [0.4, 0.5) is 0 Å². The molecule has 2 N–H and O–H groups in total. The van der Waals surface area contributed by atoms with E-state index in [2.05, 4.69) is 45.0 Å². The van der Waals surface area contributed by atoms with Crippen molar-refractivity contribution in [2.45, 2.75) is 66.1 Å². The number of hydrogen-bond acceptors (Lipinski definition) is 3. The van der Waals surface area contributed by atoms with Gasteiger partial charge in [-0.25, -0.2) is 0 Å². The molecule has 0 radical (unpaired) electrons. The Morgan fingerprint density at radius 1 is 1.28 bits per heavy atom. The van der Waals surface area contributed by atoms with Gasteiger partial charge in [-0.15, -0.1) is 0 Å². The predicted octanol–water partition coefficient (Wildman–Crippen LogP) is 2.19. The van der Waals surface area contributed by atoms with E-state index in [1.807, 2.05) is 13.8 Å². The summed E-state index contributed by atoms with van der Waals surface area (Å²) in [6, 6.07) is 0.155. The molecule has 2 atom stereocenters. The van der Waals surface area contributed by atoms with Crippen molar-refractivity contribution in [3.8, 4) is 0 Å².